The highest BCUT2D eigenvalue weighted by Crippen LogP contribution is 2.51. The van der Waals surface area contributed by atoms with E-state index >= 15 is 0 Å². The topological polar surface area (TPSA) is 0 Å². The molecule has 0 aliphatic carbocycles. The summed E-state index contributed by atoms with van der Waals surface area (Å²) in [6.45, 7) is 2.17. The van der Waals surface area contributed by atoms with Gasteiger partial charge in [-0.1, -0.05) is 14.8 Å². The second kappa shape index (κ2) is 2.36. The fraction of sp³-hybridized carbons (Fsp3) is 0.500. The van der Waals surface area contributed by atoms with Crippen LogP contribution in [0.1, 0.15) is 13.3 Å². The van der Waals surface area contributed by atoms with E-state index in [1.165, 1.54) is 11.7 Å². The molecule has 0 aromatic carbocycles. The Hall–Kier alpha value is 0.770. The van der Waals surface area contributed by atoms with Crippen LogP contribution in [0.2, 0.25) is 0 Å². The van der Waals surface area contributed by atoms with E-state index in [-0.39, 0.29) is 0 Å². The third kappa shape index (κ3) is 1.61. The molecule has 0 nitrogen and oxygen atoms in total. The maximum atomic E-state index is 3.53. The van der Waals surface area contributed by atoms with Crippen LogP contribution in [0.15, 0.2) is 0 Å². The molecule has 0 radical (unpaired) electrons. The van der Waals surface area contributed by atoms with Crippen LogP contribution in [-0.2, 0) is 0 Å². The van der Waals surface area contributed by atoms with Crippen molar-refractivity contribution in [3.63, 3.8) is 0 Å². The molecule has 0 saturated heterocycles. The molecular weight excluding hydrogens is 141 g/mol. The first-order valence-corrected chi connectivity index (χ1v) is 5.49. The van der Waals surface area contributed by atoms with Gasteiger partial charge < -0.3 is 0 Å². The highest BCUT2D eigenvalue weighted by molar-refractivity contribution is 8.40. The van der Waals surface area contributed by atoms with Gasteiger partial charge in [0.25, 0.3) is 0 Å². The zero-order chi connectivity index (χ0) is 5.28. The summed E-state index contributed by atoms with van der Waals surface area (Å²) in [5, 5.41) is 3.05. The zero-order valence-corrected chi connectivity index (χ0v) is 7.05. The first-order valence-electron chi connectivity index (χ1n) is 2.26. The first-order chi connectivity index (χ1) is 3.34. The normalized spacial score (nSPS) is 21.6. The van der Waals surface area contributed by atoms with E-state index < -0.39 is 0 Å². The third-order valence-corrected chi connectivity index (χ3v) is 4.29. The summed E-state index contributed by atoms with van der Waals surface area (Å²) >= 11 is 0. The van der Waals surface area contributed by atoms with Crippen molar-refractivity contribution in [1.29, 1.82) is 0 Å². The molecule has 0 aromatic heterocycles. The molecule has 1 unspecified atom stereocenters. The molecule has 0 aromatic rings. The average Bonchev–Trinajstić information content (AvgIpc) is 2.44. The molecule has 0 N–H and O–H groups in total. The van der Waals surface area contributed by atoms with Gasteiger partial charge in [0.05, 0.1) is 0 Å². The predicted molar refractivity (Wildman–Crippen MR) is 43.9 cm³/mol. The minimum absolute atomic E-state index is 1.11. The fourth-order valence-corrected chi connectivity index (χ4v) is 2.97. The summed E-state index contributed by atoms with van der Waals surface area (Å²) in [6.07, 6.45) is 1.17. The first kappa shape index (κ1) is 5.90. The number of hydrogen-bond acceptors (Lipinski definition) is 0. The molecule has 0 spiro atoms. The molecule has 3 heteroatoms. The van der Waals surface area contributed by atoms with E-state index in [9.17, 15) is 0 Å². The Labute approximate surface area is 49.4 Å². The predicted octanol–water partition coefficient (Wildman–Crippen LogP) is 2.39. The zero-order valence-electron chi connectivity index (χ0n) is 4.15. The second-order valence-corrected chi connectivity index (χ2v) is 5.16. The Morgan fingerprint density at radius 2 is 2.57 bits per heavy atom. The smallest absolute Gasteiger partial charge is 0.0159 e. The van der Waals surface area contributed by atoms with Gasteiger partial charge >= 0.3 is 0 Å². The van der Waals surface area contributed by atoms with E-state index in [4.69, 9.17) is 0 Å². The monoisotopic (exact) mass is 148 g/mol. The Morgan fingerprint density at radius 3 is 2.71 bits per heavy atom. The lowest BCUT2D eigenvalue weighted by molar-refractivity contribution is 1.34. The number of hydrogen-bond donors (Lipinski definition) is 0. The quantitative estimate of drug-likeness (QED) is 0.527. The lowest BCUT2D eigenvalue weighted by Gasteiger charge is -1.85. The van der Waals surface area contributed by atoms with Crippen LogP contribution >= 0.6 is 25.0 Å². The van der Waals surface area contributed by atoms with Crippen LogP contribution in [0.4, 0.5) is 0 Å². The summed E-state index contributed by atoms with van der Waals surface area (Å²) in [4.78, 5) is 0. The molecule has 1 aliphatic heterocycles. The average molecular weight is 148 g/mol. The van der Waals surface area contributed by atoms with Crippen LogP contribution in [0.5, 0.6) is 0 Å². The summed E-state index contributed by atoms with van der Waals surface area (Å²) in [5.41, 5.74) is 0. The van der Waals surface area contributed by atoms with Gasteiger partial charge in [-0.3, -0.25) is 0 Å². The Balaban J connectivity index is 2.39. The summed E-state index contributed by atoms with van der Waals surface area (Å²) in [7, 11) is 6.21. The molecule has 0 fully saturated rings. The molecule has 1 atom stereocenters. The Kier molecular flexibility index (Phi) is 1.99. The Bertz CT molecular complexity index is 125. The minimum atomic E-state index is 1.11. The standard InChI is InChI=1S/C4H7P3/c1-2-3(5)4-6-7-4/h5-6H,2H2,1H3. The SMILES string of the molecule is CCC(=P)C1=PP1. The van der Waals surface area contributed by atoms with Crippen LogP contribution in [0.25, 0.3) is 0 Å². The van der Waals surface area contributed by atoms with Crippen molar-refractivity contribution in [2.45, 2.75) is 13.3 Å². The highest BCUT2D eigenvalue weighted by atomic mass is 32.0. The van der Waals surface area contributed by atoms with Crippen LogP contribution < -0.4 is 0 Å². The maximum Gasteiger partial charge on any atom is 0.0159 e. The lowest BCUT2D eigenvalue weighted by Crippen LogP contribution is -1.91. The van der Waals surface area contributed by atoms with E-state index in [1.54, 1.807) is 12.9 Å². The van der Waals surface area contributed by atoms with Gasteiger partial charge in [-0.25, -0.2) is 0 Å². The molecular formula is C4H7P3. The fourth-order valence-electron chi connectivity index (χ4n) is 0.330. The van der Waals surface area contributed by atoms with Crippen molar-refractivity contribution in [1.82, 2.24) is 0 Å². The van der Waals surface area contributed by atoms with E-state index in [0.29, 0.717) is 0 Å². The Morgan fingerprint density at radius 1 is 2.00 bits per heavy atom. The molecule has 0 amide bonds. The van der Waals surface area contributed by atoms with Crippen molar-refractivity contribution in [2.24, 2.45) is 0 Å². The third-order valence-electron chi connectivity index (χ3n) is 0.863. The number of rotatable bonds is 2. The highest BCUT2D eigenvalue weighted by Gasteiger charge is 2.10. The maximum absolute atomic E-state index is 3.53. The van der Waals surface area contributed by atoms with Crippen molar-refractivity contribution >= 4 is 35.4 Å². The van der Waals surface area contributed by atoms with Crippen LogP contribution in [0, 0.1) is 0 Å². The van der Waals surface area contributed by atoms with Gasteiger partial charge in [0.1, 0.15) is 0 Å². The second-order valence-electron chi connectivity index (χ2n) is 1.40. The van der Waals surface area contributed by atoms with Gasteiger partial charge in [0.2, 0.25) is 0 Å². The molecule has 0 saturated carbocycles. The van der Waals surface area contributed by atoms with Crippen molar-refractivity contribution in [2.75, 3.05) is 0 Å². The molecule has 0 bridgehead atoms. The summed E-state index contributed by atoms with van der Waals surface area (Å²) < 4.78 is 0. The van der Waals surface area contributed by atoms with Crippen molar-refractivity contribution < 1.29 is 0 Å². The van der Waals surface area contributed by atoms with E-state index in [1.807, 2.05) is 0 Å². The summed E-state index contributed by atoms with van der Waals surface area (Å²) in [6, 6.07) is 0. The van der Waals surface area contributed by atoms with E-state index in [0.717, 1.165) is 8.27 Å². The van der Waals surface area contributed by atoms with Gasteiger partial charge in [0.15, 0.2) is 0 Å². The van der Waals surface area contributed by atoms with Gasteiger partial charge in [-0.05, 0) is 20.0 Å². The van der Waals surface area contributed by atoms with Gasteiger partial charge in [-0.2, -0.15) is 0 Å². The molecule has 1 rings (SSSR count). The molecule has 1 aliphatic rings. The van der Waals surface area contributed by atoms with Gasteiger partial charge in [-0.15, -0.1) is 8.86 Å². The summed E-state index contributed by atoms with van der Waals surface area (Å²) in [5.74, 6) is 0. The van der Waals surface area contributed by atoms with E-state index in [2.05, 4.69) is 15.8 Å². The minimum Gasteiger partial charge on any atom is -0.118 e. The molecule has 7 heavy (non-hydrogen) atoms. The van der Waals surface area contributed by atoms with Crippen LogP contribution in [0.3, 0.4) is 0 Å². The van der Waals surface area contributed by atoms with Crippen molar-refractivity contribution in [3.05, 3.63) is 0 Å². The largest absolute Gasteiger partial charge is 0.118 e. The molecule has 38 valence electrons. The van der Waals surface area contributed by atoms with Crippen LogP contribution in [-0.4, -0.2) is 10.3 Å². The lowest BCUT2D eigenvalue weighted by atomic mass is 10.4. The van der Waals surface area contributed by atoms with Gasteiger partial charge in [0, 0.05) is 5.03 Å². The van der Waals surface area contributed by atoms with Crippen molar-refractivity contribution in [3.8, 4) is 0 Å². The molecule has 1 heterocycles.